The van der Waals surface area contributed by atoms with Crippen LogP contribution in [0.1, 0.15) is 0 Å². The van der Waals surface area contributed by atoms with Crippen molar-refractivity contribution in [1.82, 2.24) is 0 Å². The van der Waals surface area contributed by atoms with Gasteiger partial charge in [-0.15, -0.1) is 11.1 Å². The molecule has 0 atom stereocenters. The summed E-state index contributed by atoms with van der Waals surface area (Å²) in [5.74, 6) is 0. The quantitative estimate of drug-likeness (QED) is 0.478. The Balaban J connectivity index is 2.53. The minimum absolute atomic E-state index is 0.964. The van der Waals surface area contributed by atoms with Gasteiger partial charge in [0, 0.05) is 0 Å². The highest BCUT2D eigenvalue weighted by Crippen LogP contribution is 2.20. The van der Waals surface area contributed by atoms with Gasteiger partial charge in [-0.3, -0.25) is 0 Å². The summed E-state index contributed by atoms with van der Waals surface area (Å²) in [6.45, 7) is 4.27. The molecule has 0 aromatic heterocycles. The summed E-state index contributed by atoms with van der Waals surface area (Å²) in [4.78, 5) is 0. The lowest BCUT2D eigenvalue weighted by Crippen LogP contribution is -2.31. The van der Waals surface area contributed by atoms with E-state index in [0.717, 1.165) is 0 Å². The molecule has 0 aliphatic carbocycles. The largest absolute Gasteiger partial charge is 0.442 e. The molecule has 1 aliphatic heterocycles. The van der Waals surface area contributed by atoms with E-state index in [9.17, 15) is 0 Å². The van der Waals surface area contributed by atoms with Crippen LogP contribution in [0.25, 0.3) is 0 Å². The van der Waals surface area contributed by atoms with Crippen molar-refractivity contribution in [2.24, 2.45) is 0 Å². The van der Waals surface area contributed by atoms with Crippen LogP contribution in [0.5, 0.6) is 0 Å². The highest BCUT2D eigenvalue weighted by Gasteiger charge is 2.29. The van der Waals surface area contributed by atoms with Crippen molar-refractivity contribution in [2.45, 2.75) is 13.1 Å². The molecule has 0 fully saturated rings. The lowest BCUT2D eigenvalue weighted by Gasteiger charge is -2.17. The minimum Gasteiger partial charge on any atom is -0.442 e. The number of rotatable bonds is 2. The minimum atomic E-state index is -1.98. The van der Waals surface area contributed by atoms with Gasteiger partial charge in [-0.1, -0.05) is 23.6 Å². The topological polar surface area (TPSA) is 9.23 Å². The Kier molecular flexibility index (Phi) is 2.52. The van der Waals surface area contributed by atoms with E-state index < -0.39 is 16.7 Å². The Labute approximate surface area is 68.9 Å². The first-order chi connectivity index (χ1) is 4.62. The second kappa shape index (κ2) is 3.04. The first-order valence-corrected chi connectivity index (χ1v) is 9.22. The molecule has 10 heavy (non-hydrogen) atoms. The summed E-state index contributed by atoms with van der Waals surface area (Å²) in [7, 11) is -2.94. The average molecular weight is 191 g/mol. The highest BCUT2D eigenvalue weighted by molar-refractivity contribution is 7.24. The molecular weight excluding hydrogens is 180 g/mol. The summed E-state index contributed by atoms with van der Waals surface area (Å²) in [6.07, 6.45) is 3.94. The van der Waals surface area contributed by atoms with Gasteiger partial charge in [0.1, 0.15) is 0 Å². The number of hydrogen-bond acceptors (Lipinski definition) is 1. The van der Waals surface area contributed by atoms with E-state index in [1.165, 1.54) is 0 Å². The van der Waals surface area contributed by atoms with Gasteiger partial charge < -0.3 is 4.12 Å². The summed E-state index contributed by atoms with van der Waals surface area (Å²) in [6, 6.07) is 0. The molecule has 1 rings (SSSR count). The zero-order chi connectivity index (χ0) is 7.61. The third-order valence-corrected chi connectivity index (χ3v) is 7.36. The molecule has 0 saturated carbocycles. The molecule has 0 bridgehead atoms. The molecule has 0 radical (unpaired) electrons. The standard InChI is InChI=1S/C6H11ClOSi2/c1-9(2)8-10(7)5-3-4-6-10/h3-6,9H,1-2H3. The van der Waals surface area contributed by atoms with Crippen LogP contribution in [0.2, 0.25) is 13.1 Å². The average Bonchev–Trinajstić information content (AvgIpc) is 2.12. The molecule has 0 aromatic carbocycles. The Morgan fingerprint density at radius 2 is 1.80 bits per heavy atom. The van der Waals surface area contributed by atoms with Crippen molar-refractivity contribution < 1.29 is 4.12 Å². The van der Waals surface area contributed by atoms with Gasteiger partial charge in [-0.2, -0.15) is 0 Å². The van der Waals surface area contributed by atoms with E-state index in [1.54, 1.807) is 0 Å². The number of allylic oxidation sites excluding steroid dienone is 2. The van der Waals surface area contributed by atoms with E-state index in [0.29, 0.717) is 0 Å². The van der Waals surface area contributed by atoms with Gasteiger partial charge in [0.2, 0.25) is 0 Å². The van der Waals surface area contributed by atoms with Crippen molar-refractivity contribution in [2.75, 3.05) is 0 Å². The SMILES string of the molecule is C[SiH](C)O[Si]1(Cl)C=CC=C1. The molecule has 0 amide bonds. The Morgan fingerprint density at radius 3 is 2.20 bits per heavy atom. The molecule has 0 spiro atoms. The van der Waals surface area contributed by atoms with E-state index >= 15 is 0 Å². The van der Waals surface area contributed by atoms with Gasteiger partial charge in [-0.05, 0) is 13.1 Å². The Hall–Kier alpha value is 0.164. The van der Waals surface area contributed by atoms with Gasteiger partial charge in [0.05, 0.1) is 0 Å². The third kappa shape index (κ3) is 2.09. The van der Waals surface area contributed by atoms with Crippen molar-refractivity contribution in [3.63, 3.8) is 0 Å². The third-order valence-electron chi connectivity index (χ3n) is 1.17. The van der Waals surface area contributed by atoms with Crippen molar-refractivity contribution in [3.05, 3.63) is 23.6 Å². The van der Waals surface area contributed by atoms with Crippen LogP contribution in [0.15, 0.2) is 23.6 Å². The first kappa shape index (κ1) is 8.26. The molecule has 0 aromatic rings. The van der Waals surface area contributed by atoms with E-state index in [-0.39, 0.29) is 0 Å². The van der Waals surface area contributed by atoms with Gasteiger partial charge in [-0.25, -0.2) is 0 Å². The van der Waals surface area contributed by atoms with E-state index in [2.05, 4.69) is 13.1 Å². The van der Waals surface area contributed by atoms with Crippen LogP contribution in [0.4, 0.5) is 0 Å². The number of halogens is 1. The predicted molar refractivity (Wildman–Crippen MR) is 49.8 cm³/mol. The molecule has 1 aliphatic rings. The fourth-order valence-corrected chi connectivity index (χ4v) is 7.29. The van der Waals surface area contributed by atoms with Gasteiger partial charge in [0.15, 0.2) is 9.04 Å². The van der Waals surface area contributed by atoms with E-state index in [1.807, 2.05) is 23.6 Å². The summed E-state index contributed by atoms with van der Waals surface area (Å²) in [5.41, 5.74) is 4.00. The Bertz CT molecular complexity index is 165. The highest BCUT2D eigenvalue weighted by atomic mass is 35.6. The lowest BCUT2D eigenvalue weighted by molar-refractivity contribution is 0.611. The van der Waals surface area contributed by atoms with Crippen LogP contribution in [-0.4, -0.2) is 16.7 Å². The first-order valence-electron chi connectivity index (χ1n) is 3.36. The second-order valence-corrected chi connectivity index (χ2v) is 9.46. The molecule has 56 valence electrons. The molecule has 4 heteroatoms. The van der Waals surface area contributed by atoms with Crippen LogP contribution in [-0.2, 0) is 4.12 Å². The van der Waals surface area contributed by atoms with Gasteiger partial charge in [0.25, 0.3) is 0 Å². The van der Waals surface area contributed by atoms with Crippen molar-refractivity contribution >= 4 is 27.7 Å². The smallest absolute Gasteiger partial charge is 0.330 e. The predicted octanol–water partition coefficient (Wildman–Crippen LogP) is 1.87. The molecule has 0 N–H and O–H groups in total. The maximum atomic E-state index is 6.14. The fourth-order valence-electron chi connectivity index (χ4n) is 0.869. The van der Waals surface area contributed by atoms with Crippen molar-refractivity contribution in [3.8, 4) is 0 Å². The molecule has 1 nitrogen and oxygen atoms in total. The molecule has 1 heterocycles. The van der Waals surface area contributed by atoms with Crippen LogP contribution >= 0.6 is 11.1 Å². The zero-order valence-electron chi connectivity index (χ0n) is 6.17. The summed E-state index contributed by atoms with van der Waals surface area (Å²) >= 11 is 6.14. The van der Waals surface area contributed by atoms with Crippen LogP contribution in [0, 0.1) is 0 Å². The second-order valence-electron chi connectivity index (χ2n) is 2.58. The normalized spacial score (nSPS) is 20.8. The maximum absolute atomic E-state index is 6.14. The molecule has 0 saturated heterocycles. The zero-order valence-corrected chi connectivity index (χ0v) is 9.08. The Morgan fingerprint density at radius 1 is 1.30 bits per heavy atom. The van der Waals surface area contributed by atoms with Crippen LogP contribution in [0.3, 0.4) is 0 Å². The maximum Gasteiger partial charge on any atom is 0.330 e. The van der Waals surface area contributed by atoms with Crippen LogP contribution < -0.4 is 0 Å². The lowest BCUT2D eigenvalue weighted by atomic mass is 10.6. The van der Waals surface area contributed by atoms with Gasteiger partial charge >= 0.3 is 7.63 Å². The summed E-state index contributed by atoms with van der Waals surface area (Å²) < 4.78 is 5.67. The van der Waals surface area contributed by atoms with Crippen molar-refractivity contribution in [1.29, 1.82) is 0 Å². The molecule has 0 unspecified atom stereocenters. The fraction of sp³-hybridized carbons (Fsp3) is 0.333. The van der Waals surface area contributed by atoms with E-state index in [4.69, 9.17) is 15.2 Å². The summed E-state index contributed by atoms with van der Waals surface area (Å²) in [5, 5.41) is 0. The number of hydrogen-bond donors (Lipinski definition) is 0. The monoisotopic (exact) mass is 190 g/mol. The molecular formula is C6H11ClOSi2.